The van der Waals surface area contributed by atoms with Gasteiger partial charge in [0.2, 0.25) is 0 Å². The highest BCUT2D eigenvalue weighted by Crippen LogP contribution is 2.26. The first-order chi connectivity index (χ1) is 11.4. The van der Waals surface area contributed by atoms with Gasteiger partial charge in [-0.15, -0.1) is 0 Å². The quantitative estimate of drug-likeness (QED) is 0.404. The average molecular weight is 354 g/mol. The van der Waals surface area contributed by atoms with Crippen molar-refractivity contribution in [3.05, 3.63) is 42.0 Å². The summed E-state index contributed by atoms with van der Waals surface area (Å²) in [4.78, 5) is 12.0. The third kappa shape index (κ3) is 5.74. The Kier molecular flexibility index (Phi) is 8.67. The Hall–Kier alpha value is -1.70. The molecule has 3 atom stereocenters. The Labute approximate surface area is 146 Å². The Bertz CT molecular complexity index is 574. The zero-order chi connectivity index (χ0) is 18.1. The first-order valence-corrected chi connectivity index (χ1v) is 8.98. The van der Waals surface area contributed by atoms with Crippen LogP contribution in [0.15, 0.2) is 36.4 Å². The van der Waals surface area contributed by atoms with Crippen molar-refractivity contribution >= 4 is 22.9 Å². The lowest BCUT2D eigenvalue weighted by Gasteiger charge is -2.32. The van der Waals surface area contributed by atoms with Crippen LogP contribution in [-0.4, -0.2) is 27.4 Å². The van der Waals surface area contributed by atoms with Crippen molar-refractivity contribution in [1.82, 2.24) is 0 Å². The number of carbonyl (C=O) groups is 1. The van der Waals surface area contributed by atoms with Crippen LogP contribution in [0.4, 0.5) is 5.69 Å². The minimum atomic E-state index is -2.28. The van der Waals surface area contributed by atoms with Crippen molar-refractivity contribution < 1.29 is 18.3 Å². The van der Waals surface area contributed by atoms with Crippen LogP contribution in [0.2, 0.25) is 0 Å². The van der Waals surface area contributed by atoms with Gasteiger partial charge < -0.3 is 10.5 Å². The van der Waals surface area contributed by atoms with Crippen molar-refractivity contribution in [2.45, 2.75) is 39.8 Å². The second kappa shape index (κ2) is 10.2. The molecule has 0 saturated carbocycles. The Morgan fingerprint density at radius 1 is 1.42 bits per heavy atom. The molecular weight excluding hydrogens is 328 g/mol. The molecule has 0 aromatic heterocycles. The molecule has 0 aliphatic heterocycles. The highest BCUT2D eigenvalue weighted by molar-refractivity contribution is 7.80. The molecule has 3 unspecified atom stereocenters. The predicted molar refractivity (Wildman–Crippen MR) is 96.6 cm³/mol. The van der Waals surface area contributed by atoms with Crippen LogP contribution in [0.5, 0.6) is 0 Å². The van der Waals surface area contributed by atoms with Gasteiger partial charge in [-0.05, 0) is 37.5 Å². The topological polar surface area (TPSA) is 92.9 Å². The van der Waals surface area contributed by atoms with Gasteiger partial charge in [0.05, 0.1) is 24.8 Å². The van der Waals surface area contributed by atoms with Crippen molar-refractivity contribution in [3.8, 4) is 0 Å². The molecule has 0 radical (unpaired) electrons. The van der Waals surface area contributed by atoms with Gasteiger partial charge in [0.15, 0.2) is 0 Å². The molecule has 1 aromatic carbocycles. The van der Waals surface area contributed by atoms with E-state index in [4.69, 9.17) is 10.5 Å². The van der Waals surface area contributed by atoms with Crippen LogP contribution in [0.25, 0.3) is 0 Å². The first kappa shape index (κ1) is 20.3. The van der Waals surface area contributed by atoms with Crippen LogP contribution >= 0.6 is 0 Å². The second-order valence-corrected chi connectivity index (χ2v) is 6.24. The minimum absolute atomic E-state index is 0.0181. The van der Waals surface area contributed by atoms with Gasteiger partial charge in [0, 0.05) is 6.54 Å². The van der Waals surface area contributed by atoms with E-state index in [1.54, 1.807) is 31.2 Å². The Morgan fingerprint density at radius 3 is 2.50 bits per heavy atom. The molecule has 1 aromatic rings. The average Bonchev–Trinajstić information content (AvgIpc) is 2.55. The summed E-state index contributed by atoms with van der Waals surface area (Å²) in [5.74, 6) is -0.516. The SMILES string of the molecule is CC=CC(C)C(CC(=O)OCC)N(c1ccc(CN)cc1)S(=O)O. The molecule has 134 valence electrons. The van der Waals surface area contributed by atoms with E-state index in [1.165, 1.54) is 4.31 Å². The minimum Gasteiger partial charge on any atom is -0.466 e. The summed E-state index contributed by atoms with van der Waals surface area (Å²) in [5.41, 5.74) is 7.07. The maximum Gasteiger partial charge on any atom is 0.307 e. The van der Waals surface area contributed by atoms with Crippen LogP contribution in [0.3, 0.4) is 0 Å². The van der Waals surface area contributed by atoms with E-state index < -0.39 is 23.3 Å². The van der Waals surface area contributed by atoms with Crippen LogP contribution < -0.4 is 10.0 Å². The number of rotatable bonds is 9. The summed E-state index contributed by atoms with van der Waals surface area (Å²) in [5, 5.41) is 0. The summed E-state index contributed by atoms with van der Waals surface area (Å²) in [6.45, 7) is 6.17. The molecule has 0 bridgehead atoms. The molecule has 7 heteroatoms. The lowest BCUT2D eigenvalue weighted by atomic mass is 9.97. The first-order valence-electron chi connectivity index (χ1n) is 7.92. The molecule has 0 aliphatic rings. The van der Waals surface area contributed by atoms with Gasteiger partial charge in [0.25, 0.3) is 11.3 Å². The highest BCUT2D eigenvalue weighted by atomic mass is 32.2. The van der Waals surface area contributed by atoms with E-state index in [9.17, 15) is 13.6 Å². The summed E-state index contributed by atoms with van der Waals surface area (Å²) < 4.78 is 28.2. The number of hydrogen-bond acceptors (Lipinski definition) is 4. The van der Waals surface area contributed by atoms with Crippen LogP contribution in [0, 0.1) is 5.92 Å². The largest absolute Gasteiger partial charge is 0.466 e. The fourth-order valence-corrected chi connectivity index (χ4v) is 3.28. The molecule has 0 aliphatic carbocycles. The maximum atomic E-state index is 12.0. The van der Waals surface area contributed by atoms with E-state index in [-0.39, 0.29) is 18.9 Å². The molecule has 0 fully saturated rings. The molecule has 3 N–H and O–H groups in total. The number of hydrogen-bond donors (Lipinski definition) is 2. The monoisotopic (exact) mass is 354 g/mol. The fourth-order valence-electron chi connectivity index (χ4n) is 2.48. The number of nitrogens with zero attached hydrogens (tertiary/aromatic N) is 1. The van der Waals surface area contributed by atoms with Gasteiger partial charge in [0.1, 0.15) is 0 Å². The van der Waals surface area contributed by atoms with E-state index in [2.05, 4.69) is 0 Å². The Balaban J connectivity index is 3.19. The molecule has 0 saturated heterocycles. The number of anilines is 1. The smallest absolute Gasteiger partial charge is 0.307 e. The fraction of sp³-hybridized carbons (Fsp3) is 0.471. The third-order valence-electron chi connectivity index (χ3n) is 3.68. The Morgan fingerprint density at radius 2 is 2.04 bits per heavy atom. The highest BCUT2D eigenvalue weighted by Gasteiger charge is 2.30. The van der Waals surface area contributed by atoms with Gasteiger partial charge in [-0.2, -0.15) is 0 Å². The number of allylic oxidation sites excluding steroid dienone is 1. The van der Waals surface area contributed by atoms with Crippen molar-refractivity contribution in [2.24, 2.45) is 11.7 Å². The lowest BCUT2D eigenvalue weighted by Crippen LogP contribution is -2.42. The number of esters is 1. The number of nitrogens with two attached hydrogens (primary N) is 1. The number of ether oxygens (including phenoxy) is 1. The summed E-state index contributed by atoms with van der Waals surface area (Å²) >= 11 is -2.28. The molecule has 24 heavy (non-hydrogen) atoms. The third-order valence-corrected chi connectivity index (χ3v) is 4.50. The van der Waals surface area contributed by atoms with Gasteiger partial charge in [-0.3, -0.25) is 13.7 Å². The lowest BCUT2D eigenvalue weighted by molar-refractivity contribution is -0.143. The zero-order valence-corrected chi connectivity index (χ0v) is 15.2. The van der Waals surface area contributed by atoms with Gasteiger partial charge in [-0.1, -0.05) is 31.2 Å². The van der Waals surface area contributed by atoms with E-state index in [1.807, 2.05) is 26.0 Å². The molecule has 1 rings (SSSR count). The number of carbonyl (C=O) groups excluding carboxylic acids is 1. The van der Waals surface area contributed by atoms with Crippen LogP contribution in [-0.2, 0) is 27.3 Å². The standard InChI is InChI=1S/C17H26N2O4S/c1-4-6-13(3)16(11-17(20)23-5-2)19(24(21)22)15-9-7-14(12-18)8-10-15/h4,6-10,13,16H,5,11-12,18H2,1-3H3,(H,21,22). The van der Waals surface area contributed by atoms with Gasteiger partial charge in [-0.25, -0.2) is 4.21 Å². The van der Waals surface area contributed by atoms with Crippen LogP contribution in [0.1, 0.15) is 32.8 Å². The molecule has 0 spiro atoms. The molecule has 6 nitrogen and oxygen atoms in total. The maximum absolute atomic E-state index is 12.0. The normalized spacial score (nSPS) is 15.0. The van der Waals surface area contributed by atoms with E-state index in [0.29, 0.717) is 12.2 Å². The predicted octanol–water partition coefficient (Wildman–Crippen LogP) is 2.62. The molecular formula is C17H26N2O4S. The van der Waals surface area contributed by atoms with Gasteiger partial charge >= 0.3 is 5.97 Å². The second-order valence-electron chi connectivity index (χ2n) is 5.39. The summed E-state index contributed by atoms with van der Waals surface area (Å²) in [7, 11) is 0. The summed E-state index contributed by atoms with van der Waals surface area (Å²) in [6, 6.07) is 6.57. The van der Waals surface area contributed by atoms with Crippen molar-refractivity contribution in [2.75, 3.05) is 10.9 Å². The van der Waals surface area contributed by atoms with Crippen molar-refractivity contribution in [3.63, 3.8) is 0 Å². The number of benzene rings is 1. The van der Waals surface area contributed by atoms with Crippen molar-refractivity contribution in [1.29, 1.82) is 0 Å². The molecule has 0 heterocycles. The van der Waals surface area contributed by atoms with E-state index >= 15 is 0 Å². The van der Waals surface area contributed by atoms with E-state index in [0.717, 1.165) is 5.56 Å². The molecule has 0 amide bonds. The zero-order valence-electron chi connectivity index (χ0n) is 14.3. The summed E-state index contributed by atoms with van der Waals surface area (Å²) in [6.07, 6.45) is 3.78.